The molecule has 0 N–H and O–H groups in total. The Morgan fingerprint density at radius 3 is 2.33 bits per heavy atom. The van der Waals surface area contributed by atoms with Crippen molar-refractivity contribution in [2.24, 2.45) is 0 Å². The lowest BCUT2D eigenvalue weighted by Crippen LogP contribution is -2.08. The number of hydrogen-bond acceptors (Lipinski definition) is 3. The first-order valence-electron chi connectivity index (χ1n) is 5.53. The molecule has 3 nitrogen and oxygen atoms in total. The van der Waals surface area contributed by atoms with Crippen molar-refractivity contribution in [1.82, 2.24) is 9.97 Å². The van der Waals surface area contributed by atoms with Crippen LogP contribution in [0.2, 0.25) is 0 Å². The van der Waals surface area contributed by atoms with Crippen LogP contribution in [0.15, 0.2) is 6.33 Å². The lowest BCUT2D eigenvalue weighted by molar-refractivity contribution is 0.386. The van der Waals surface area contributed by atoms with Crippen molar-refractivity contribution in [2.45, 2.75) is 46.0 Å². The van der Waals surface area contributed by atoms with E-state index in [0.717, 1.165) is 11.6 Å². The molecule has 2 rings (SSSR count). The van der Waals surface area contributed by atoms with Crippen molar-refractivity contribution in [3.05, 3.63) is 17.6 Å². The van der Waals surface area contributed by atoms with Crippen molar-refractivity contribution in [2.75, 3.05) is 7.11 Å². The summed E-state index contributed by atoms with van der Waals surface area (Å²) in [4.78, 5) is 8.33. The van der Waals surface area contributed by atoms with Crippen LogP contribution in [-0.4, -0.2) is 17.1 Å². The Morgan fingerprint density at radius 2 is 1.87 bits per heavy atom. The quantitative estimate of drug-likeness (QED) is 0.749. The summed E-state index contributed by atoms with van der Waals surface area (Å²) in [6.07, 6.45) is 4.00. The minimum Gasteiger partial charge on any atom is -0.481 e. The van der Waals surface area contributed by atoms with Crippen molar-refractivity contribution in [1.29, 1.82) is 0 Å². The molecule has 0 amide bonds. The van der Waals surface area contributed by atoms with Gasteiger partial charge >= 0.3 is 0 Å². The standard InChI is InChI=1S/C10H14N2O.C2H6/c1-7-8(10(2)4-5-10)9(13-3)12-6-11-7;1-2/h6H,4-5H2,1-3H3;1-2H3. The third kappa shape index (κ3) is 2.28. The molecule has 1 saturated carbocycles. The second kappa shape index (κ2) is 4.60. The van der Waals surface area contributed by atoms with Crippen LogP contribution in [-0.2, 0) is 5.41 Å². The van der Waals surface area contributed by atoms with Crippen molar-refractivity contribution < 1.29 is 4.74 Å². The van der Waals surface area contributed by atoms with E-state index in [-0.39, 0.29) is 5.41 Å². The molecule has 1 aromatic heterocycles. The Kier molecular flexibility index (Phi) is 3.66. The van der Waals surface area contributed by atoms with Crippen LogP contribution in [0.1, 0.15) is 44.9 Å². The molecule has 0 spiro atoms. The zero-order chi connectivity index (χ0) is 11.5. The third-order valence-electron chi connectivity index (χ3n) is 2.80. The molecular formula is C12H20N2O. The summed E-state index contributed by atoms with van der Waals surface area (Å²) in [5.74, 6) is 0.743. The van der Waals surface area contributed by atoms with Gasteiger partial charge in [-0.1, -0.05) is 20.8 Å². The molecular weight excluding hydrogens is 188 g/mol. The first kappa shape index (κ1) is 12.0. The van der Waals surface area contributed by atoms with Crippen LogP contribution in [0.3, 0.4) is 0 Å². The van der Waals surface area contributed by atoms with Gasteiger partial charge in [-0.2, -0.15) is 0 Å². The highest BCUT2D eigenvalue weighted by Gasteiger charge is 2.43. The minimum atomic E-state index is 0.274. The van der Waals surface area contributed by atoms with Gasteiger partial charge in [0.2, 0.25) is 5.88 Å². The summed E-state index contributed by atoms with van der Waals surface area (Å²) in [5, 5.41) is 0. The number of nitrogens with zero attached hydrogens (tertiary/aromatic N) is 2. The van der Waals surface area contributed by atoms with Crippen LogP contribution in [0.5, 0.6) is 5.88 Å². The van der Waals surface area contributed by atoms with E-state index in [0.29, 0.717) is 0 Å². The molecule has 0 radical (unpaired) electrons. The molecule has 0 unspecified atom stereocenters. The van der Waals surface area contributed by atoms with Gasteiger partial charge in [0.25, 0.3) is 0 Å². The fraction of sp³-hybridized carbons (Fsp3) is 0.667. The number of methoxy groups -OCH3 is 1. The molecule has 15 heavy (non-hydrogen) atoms. The van der Waals surface area contributed by atoms with Gasteiger partial charge in [-0.3, -0.25) is 0 Å². The monoisotopic (exact) mass is 208 g/mol. The van der Waals surface area contributed by atoms with Crippen LogP contribution in [0.25, 0.3) is 0 Å². The van der Waals surface area contributed by atoms with E-state index in [1.54, 1.807) is 13.4 Å². The molecule has 1 aromatic rings. The number of rotatable bonds is 2. The summed E-state index contributed by atoms with van der Waals surface area (Å²) in [5.41, 5.74) is 2.51. The van der Waals surface area contributed by atoms with Crippen molar-refractivity contribution in [3.63, 3.8) is 0 Å². The summed E-state index contributed by atoms with van der Waals surface area (Å²) >= 11 is 0. The van der Waals surface area contributed by atoms with E-state index in [2.05, 4.69) is 16.9 Å². The number of aryl methyl sites for hydroxylation is 1. The highest BCUT2D eigenvalue weighted by molar-refractivity contribution is 5.40. The zero-order valence-electron chi connectivity index (χ0n) is 10.3. The average Bonchev–Trinajstić information content (AvgIpc) is 2.99. The largest absolute Gasteiger partial charge is 0.481 e. The maximum atomic E-state index is 5.24. The van der Waals surface area contributed by atoms with Gasteiger partial charge in [-0.15, -0.1) is 0 Å². The highest BCUT2D eigenvalue weighted by atomic mass is 16.5. The van der Waals surface area contributed by atoms with Crippen LogP contribution >= 0.6 is 0 Å². The highest BCUT2D eigenvalue weighted by Crippen LogP contribution is 2.50. The van der Waals surface area contributed by atoms with E-state index in [1.807, 2.05) is 20.8 Å². The minimum absolute atomic E-state index is 0.274. The topological polar surface area (TPSA) is 35.0 Å². The Bertz CT molecular complexity index is 332. The van der Waals surface area contributed by atoms with Gasteiger partial charge in [-0.25, -0.2) is 9.97 Å². The number of hydrogen-bond donors (Lipinski definition) is 0. The second-order valence-corrected chi connectivity index (χ2v) is 3.90. The molecule has 0 saturated heterocycles. The van der Waals surface area contributed by atoms with Crippen LogP contribution in [0.4, 0.5) is 0 Å². The van der Waals surface area contributed by atoms with E-state index in [4.69, 9.17) is 4.74 Å². The van der Waals surface area contributed by atoms with Gasteiger partial charge in [0.1, 0.15) is 6.33 Å². The second-order valence-electron chi connectivity index (χ2n) is 3.90. The van der Waals surface area contributed by atoms with Gasteiger partial charge in [-0.05, 0) is 25.2 Å². The lowest BCUT2D eigenvalue weighted by Gasteiger charge is -2.14. The molecule has 1 heterocycles. The SMILES string of the molecule is CC.COc1ncnc(C)c1C1(C)CC1. The molecule has 0 aliphatic heterocycles. The Hall–Kier alpha value is -1.12. The Labute approximate surface area is 91.9 Å². The van der Waals surface area contributed by atoms with Gasteiger partial charge in [0.05, 0.1) is 7.11 Å². The Morgan fingerprint density at radius 1 is 1.27 bits per heavy atom. The van der Waals surface area contributed by atoms with Crippen molar-refractivity contribution in [3.8, 4) is 5.88 Å². The smallest absolute Gasteiger partial charge is 0.220 e. The molecule has 0 aromatic carbocycles. The van der Waals surface area contributed by atoms with Gasteiger partial charge < -0.3 is 4.74 Å². The normalized spacial score (nSPS) is 16.3. The predicted octanol–water partition coefficient (Wildman–Crippen LogP) is 2.87. The van der Waals surface area contributed by atoms with E-state index in [1.165, 1.54) is 18.4 Å². The fourth-order valence-electron chi connectivity index (χ4n) is 1.74. The third-order valence-corrected chi connectivity index (χ3v) is 2.80. The number of ether oxygens (including phenoxy) is 1. The van der Waals surface area contributed by atoms with Gasteiger partial charge in [0.15, 0.2) is 0 Å². The van der Waals surface area contributed by atoms with Gasteiger partial charge in [0, 0.05) is 11.3 Å². The van der Waals surface area contributed by atoms with Crippen LogP contribution < -0.4 is 4.74 Å². The van der Waals surface area contributed by atoms with E-state index >= 15 is 0 Å². The van der Waals surface area contributed by atoms with E-state index < -0.39 is 0 Å². The first-order chi connectivity index (χ1) is 7.17. The fourth-order valence-corrected chi connectivity index (χ4v) is 1.74. The number of aromatic nitrogens is 2. The summed E-state index contributed by atoms with van der Waals surface area (Å²) in [6, 6.07) is 0. The predicted molar refractivity (Wildman–Crippen MR) is 61.3 cm³/mol. The van der Waals surface area contributed by atoms with Crippen LogP contribution in [0, 0.1) is 6.92 Å². The maximum absolute atomic E-state index is 5.24. The summed E-state index contributed by atoms with van der Waals surface area (Å²) in [7, 11) is 1.66. The molecule has 0 atom stereocenters. The average molecular weight is 208 g/mol. The Balaban J connectivity index is 0.000000531. The molecule has 1 aliphatic carbocycles. The van der Waals surface area contributed by atoms with Crippen molar-refractivity contribution >= 4 is 0 Å². The molecule has 3 heteroatoms. The first-order valence-corrected chi connectivity index (χ1v) is 5.53. The molecule has 84 valence electrons. The zero-order valence-corrected chi connectivity index (χ0v) is 10.3. The maximum Gasteiger partial charge on any atom is 0.220 e. The molecule has 1 fully saturated rings. The lowest BCUT2D eigenvalue weighted by atomic mass is 9.98. The summed E-state index contributed by atoms with van der Waals surface area (Å²) < 4.78 is 5.24. The molecule has 0 bridgehead atoms. The van der Waals surface area contributed by atoms with E-state index in [9.17, 15) is 0 Å². The molecule has 1 aliphatic rings. The summed E-state index contributed by atoms with van der Waals surface area (Å²) in [6.45, 7) is 8.25.